The van der Waals surface area contributed by atoms with E-state index in [2.05, 4.69) is 138 Å². The van der Waals surface area contributed by atoms with E-state index in [0.29, 0.717) is 0 Å². The summed E-state index contributed by atoms with van der Waals surface area (Å²) in [6.07, 6.45) is 0. The van der Waals surface area contributed by atoms with Crippen LogP contribution in [0, 0.1) is 0 Å². The van der Waals surface area contributed by atoms with Gasteiger partial charge in [0.15, 0.2) is 17.3 Å². The SMILES string of the molecule is O=C1c2ccccc2C2(c3ccccc31)c1ccccc1N1c3cc(-c4ccccc4)ccc3Oc3ccc(-c4ccccc4)c2c31. The molecule has 0 fully saturated rings. The lowest BCUT2D eigenvalue weighted by Crippen LogP contribution is -2.43. The maximum Gasteiger partial charge on any atom is 0.193 e. The van der Waals surface area contributed by atoms with E-state index in [1.807, 2.05) is 30.3 Å². The molecule has 1 aliphatic carbocycles. The summed E-state index contributed by atoms with van der Waals surface area (Å²) < 4.78 is 6.84. The molecule has 0 saturated heterocycles. The predicted octanol–water partition coefficient (Wildman–Crippen LogP) is 10.8. The van der Waals surface area contributed by atoms with Crippen LogP contribution in [-0.4, -0.2) is 5.78 Å². The fourth-order valence-electron chi connectivity index (χ4n) is 8.18. The van der Waals surface area contributed by atoms with Crippen molar-refractivity contribution >= 4 is 22.8 Å². The van der Waals surface area contributed by atoms with Crippen molar-refractivity contribution in [3.63, 3.8) is 0 Å². The second kappa shape index (κ2) is 9.65. The largest absolute Gasteiger partial charge is 0.453 e. The van der Waals surface area contributed by atoms with Gasteiger partial charge in [-0.1, -0.05) is 140 Å². The Balaban J connectivity index is 1.39. The average Bonchev–Trinajstić information content (AvgIpc) is 3.15. The first-order valence-corrected chi connectivity index (χ1v) is 16.0. The number of para-hydroxylation sites is 1. The molecule has 0 N–H and O–H groups in total. The van der Waals surface area contributed by atoms with Crippen LogP contribution >= 0.6 is 0 Å². The maximum absolute atomic E-state index is 14.2. The summed E-state index contributed by atoms with van der Waals surface area (Å²) in [5, 5.41) is 0. The van der Waals surface area contributed by atoms with Gasteiger partial charge in [-0.25, -0.2) is 0 Å². The molecule has 0 amide bonds. The molecular weight excluding hydrogens is 574 g/mol. The van der Waals surface area contributed by atoms with E-state index in [0.717, 1.165) is 84.2 Å². The van der Waals surface area contributed by atoms with Gasteiger partial charge in [0.25, 0.3) is 0 Å². The number of nitrogens with zero attached hydrogens (tertiary/aromatic N) is 1. The lowest BCUT2D eigenvalue weighted by molar-refractivity contribution is 0.103. The summed E-state index contributed by atoms with van der Waals surface area (Å²) in [4.78, 5) is 16.6. The van der Waals surface area contributed by atoms with Crippen molar-refractivity contribution < 1.29 is 9.53 Å². The molecule has 220 valence electrons. The zero-order valence-corrected chi connectivity index (χ0v) is 25.4. The molecule has 2 heterocycles. The van der Waals surface area contributed by atoms with E-state index < -0.39 is 5.41 Å². The smallest absolute Gasteiger partial charge is 0.193 e. The summed E-state index contributed by atoms with van der Waals surface area (Å²) in [5.41, 5.74) is 12.4. The maximum atomic E-state index is 14.2. The van der Waals surface area contributed by atoms with Crippen LogP contribution in [-0.2, 0) is 5.41 Å². The summed E-state index contributed by atoms with van der Waals surface area (Å²) in [5.74, 6) is 1.66. The molecule has 2 aliphatic heterocycles. The Bertz CT molecular complexity index is 2360. The number of ether oxygens (including phenoxy) is 1. The molecule has 0 atom stereocenters. The molecule has 1 spiro atoms. The minimum atomic E-state index is -0.789. The van der Waals surface area contributed by atoms with Crippen molar-refractivity contribution in [3.8, 4) is 33.8 Å². The highest BCUT2D eigenvalue weighted by Gasteiger charge is 2.54. The molecule has 7 aromatic carbocycles. The summed E-state index contributed by atoms with van der Waals surface area (Å²) in [7, 11) is 0. The number of fused-ring (bicyclic) bond motifs is 10. The van der Waals surface area contributed by atoms with Crippen molar-refractivity contribution in [1.82, 2.24) is 0 Å². The number of anilines is 3. The molecule has 0 radical (unpaired) electrons. The minimum absolute atomic E-state index is 0.0573. The standard InChI is InChI=1S/C44H27NO2/c46-43-32-17-7-9-19-34(32)44(35-20-10-8-18-33(35)43)36-21-11-12-22-37(36)45-38-27-30(28-13-3-1-4-14-28)23-25-39(38)47-40-26-24-31(41(44)42(40)45)29-15-5-2-6-16-29/h1-27H. The van der Waals surface area contributed by atoms with E-state index in [1.165, 1.54) is 0 Å². The number of ketones is 1. The Hall–Kier alpha value is -6.19. The molecular formula is C44H27NO2. The first-order chi connectivity index (χ1) is 23.2. The lowest BCUT2D eigenvalue weighted by Gasteiger charge is -2.51. The van der Waals surface area contributed by atoms with Gasteiger partial charge in [-0.3, -0.25) is 4.79 Å². The number of hydrogen-bond donors (Lipinski definition) is 0. The molecule has 10 rings (SSSR count). The van der Waals surface area contributed by atoms with E-state index >= 15 is 0 Å². The summed E-state index contributed by atoms with van der Waals surface area (Å²) >= 11 is 0. The topological polar surface area (TPSA) is 29.5 Å². The van der Waals surface area contributed by atoms with E-state index in [-0.39, 0.29) is 5.78 Å². The van der Waals surface area contributed by atoms with Crippen LogP contribution in [0.25, 0.3) is 22.3 Å². The Labute approximate surface area is 273 Å². The Morgan fingerprint density at radius 2 is 1.02 bits per heavy atom. The first kappa shape index (κ1) is 26.1. The molecule has 0 aromatic heterocycles. The van der Waals surface area contributed by atoms with Crippen molar-refractivity contribution in [2.75, 3.05) is 4.90 Å². The fraction of sp³-hybridized carbons (Fsp3) is 0.0227. The molecule has 7 aromatic rings. The molecule has 0 bridgehead atoms. The van der Waals surface area contributed by atoms with Gasteiger partial charge in [0, 0.05) is 16.7 Å². The average molecular weight is 602 g/mol. The van der Waals surface area contributed by atoms with Crippen LogP contribution in [0.5, 0.6) is 11.5 Å². The number of carbonyl (C=O) groups excluding carboxylic acids is 1. The van der Waals surface area contributed by atoms with Crippen molar-refractivity contribution in [2.24, 2.45) is 0 Å². The first-order valence-electron chi connectivity index (χ1n) is 16.0. The van der Waals surface area contributed by atoms with Gasteiger partial charge >= 0.3 is 0 Å². The molecule has 0 unspecified atom stereocenters. The molecule has 3 nitrogen and oxygen atoms in total. The van der Waals surface area contributed by atoms with Gasteiger partial charge in [-0.15, -0.1) is 0 Å². The van der Waals surface area contributed by atoms with E-state index in [1.54, 1.807) is 0 Å². The lowest BCUT2D eigenvalue weighted by atomic mass is 9.56. The van der Waals surface area contributed by atoms with Crippen molar-refractivity contribution in [1.29, 1.82) is 0 Å². The normalized spacial score (nSPS) is 14.3. The Morgan fingerprint density at radius 3 is 1.72 bits per heavy atom. The quantitative estimate of drug-likeness (QED) is 0.197. The zero-order chi connectivity index (χ0) is 31.1. The van der Waals surface area contributed by atoms with Crippen LogP contribution in [0.1, 0.15) is 38.2 Å². The van der Waals surface area contributed by atoms with Crippen LogP contribution in [0.3, 0.4) is 0 Å². The predicted molar refractivity (Wildman–Crippen MR) is 187 cm³/mol. The van der Waals surface area contributed by atoms with E-state index in [4.69, 9.17) is 4.74 Å². The second-order valence-electron chi connectivity index (χ2n) is 12.4. The fourth-order valence-corrected chi connectivity index (χ4v) is 8.18. The summed E-state index contributed by atoms with van der Waals surface area (Å²) in [6.45, 7) is 0. The highest BCUT2D eigenvalue weighted by atomic mass is 16.5. The van der Waals surface area contributed by atoms with Crippen molar-refractivity contribution in [3.05, 3.63) is 197 Å². The Morgan fingerprint density at radius 1 is 0.447 bits per heavy atom. The number of benzene rings is 7. The van der Waals surface area contributed by atoms with Crippen LogP contribution in [0.15, 0.2) is 164 Å². The molecule has 3 heteroatoms. The van der Waals surface area contributed by atoms with Crippen LogP contribution in [0.4, 0.5) is 17.1 Å². The second-order valence-corrected chi connectivity index (χ2v) is 12.4. The number of rotatable bonds is 2. The molecule has 3 aliphatic rings. The molecule has 47 heavy (non-hydrogen) atoms. The Kier molecular flexibility index (Phi) is 5.35. The zero-order valence-electron chi connectivity index (χ0n) is 25.4. The highest BCUT2D eigenvalue weighted by Crippen LogP contribution is 2.66. The van der Waals surface area contributed by atoms with Gasteiger partial charge in [0.05, 0.1) is 22.5 Å². The highest BCUT2D eigenvalue weighted by molar-refractivity contribution is 6.15. The van der Waals surface area contributed by atoms with E-state index in [9.17, 15) is 4.79 Å². The van der Waals surface area contributed by atoms with Gasteiger partial charge in [0.1, 0.15) is 0 Å². The minimum Gasteiger partial charge on any atom is -0.453 e. The third kappa shape index (κ3) is 3.43. The van der Waals surface area contributed by atoms with Crippen molar-refractivity contribution in [2.45, 2.75) is 5.41 Å². The van der Waals surface area contributed by atoms with Gasteiger partial charge in [-0.05, 0) is 63.2 Å². The number of carbonyl (C=O) groups is 1. The van der Waals surface area contributed by atoms with Gasteiger partial charge in [0.2, 0.25) is 0 Å². The van der Waals surface area contributed by atoms with Gasteiger partial charge in [-0.2, -0.15) is 0 Å². The van der Waals surface area contributed by atoms with Gasteiger partial charge < -0.3 is 9.64 Å². The number of hydrogen-bond acceptors (Lipinski definition) is 3. The van der Waals surface area contributed by atoms with Crippen LogP contribution < -0.4 is 9.64 Å². The third-order valence-electron chi connectivity index (χ3n) is 10.1. The van der Waals surface area contributed by atoms with Crippen LogP contribution in [0.2, 0.25) is 0 Å². The molecule has 0 saturated carbocycles. The summed E-state index contributed by atoms with van der Waals surface area (Å²) in [6, 6.07) is 56.9. The third-order valence-corrected chi connectivity index (χ3v) is 10.1. The monoisotopic (exact) mass is 601 g/mol.